The summed E-state index contributed by atoms with van der Waals surface area (Å²) in [5.41, 5.74) is 0. The number of unbranched alkanes of at least 4 members (excludes halogenated alkanes) is 18. The molecule has 90 heavy (non-hydrogen) atoms. The Hall–Kier alpha value is -3.42. The van der Waals surface area contributed by atoms with Gasteiger partial charge in [0.2, 0.25) is 11.8 Å². The van der Waals surface area contributed by atoms with E-state index >= 15 is 0 Å². The van der Waals surface area contributed by atoms with E-state index in [9.17, 15) is 49.2 Å². The number of aliphatic hydroxyl groups is 4. The minimum Gasteiger partial charge on any atom is -0.463 e. The van der Waals surface area contributed by atoms with Gasteiger partial charge in [-0.05, 0) is 182 Å². The molecule has 0 aliphatic carbocycles. The Labute approximate surface area is 547 Å². The smallest absolute Gasteiger partial charge is 0.306 e. The first-order chi connectivity index (χ1) is 43.3. The molecule has 1 aliphatic rings. The van der Waals surface area contributed by atoms with Crippen LogP contribution in [0.2, 0.25) is 0 Å². The van der Waals surface area contributed by atoms with Gasteiger partial charge < -0.3 is 50.0 Å². The van der Waals surface area contributed by atoms with E-state index in [4.69, 9.17) is 18.9 Å². The Morgan fingerprint density at radius 3 is 0.811 bits per heavy atom. The molecule has 18 nitrogen and oxygen atoms in total. The predicted molar refractivity (Wildman–Crippen MR) is 360 cm³/mol. The summed E-state index contributed by atoms with van der Waals surface area (Å²) in [4.78, 5) is 81.0. The molecular formula is C72H136N4O14. The number of hydrogen-bond acceptors (Lipinski definition) is 16. The number of aliphatic hydroxyl groups excluding tert-OH is 4. The first-order valence-electron chi connectivity index (χ1n) is 36.8. The lowest BCUT2D eigenvalue weighted by Crippen LogP contribution is -2.61. The van der Waals surface area contributed by atoms with Gasteiger partial charge in [0.25, 0.3) is 0 Å². The monoisotopic (exact) mass is 1280 g/mol. The molecule has 10 unspecified atom stereocenters. The van der Waals surface area contributed by atoms with Gasteiger partial charge in [0.15, 0.2) is 0 Å². The van der Waals surface area contributed by atoms with E-state index in [2.05, 4.69) is 38.3 Å². The number of nitrogens with zero attached hydrogens (tertiary/aromatic N) is 2. The summed E-state index contributed by atoms with van der Waals surface area (Å²) in [5.74, 6) is -1.31. The summed E-state index contributed by atoms with van der Waals surface area (Å²) in [6.07, 6.45) is 30.0. The molecule has 1 heterocycles. The van der Waals surface area contributed by atoms with E-state index in [1.807, 2.05) is 37.5 Å². The summed E-state index contributed by atoms with van der Waals surface area (Å²) in [6, 6.07) is -1.38. The first kappa shape index (κ1) is 84.6. The van der Waals surface area contributed by atoms with E-state index in [1.165, 1.54) is 25.7 Å². The summed E-state index contributed by atoms with van der Waals surface area (Å²) in [7, 11) is 0. The molecule has 1 saturated heterocycles. The number of piperazine rings is 1. The van der Waals surface area contributed by atoms with Crippen molar-refractivity contribution in [1.82, 2.24) is 20.4 Å². The highest BCUT2D eigenvalue weighted by Gasteiger charge is 2.33. The molecule has 1 fully saturated rings. The van der Waals surface area contributed by atoms with Gasteiger partial charge in [-0.15, -0.1) is 0 Å². The van der Waals surface area contributed by atoms with E-state index in [0.717, 1.165) is 103 Å². The number of ether oxygens (including phenoxy) is 4. The van der Waals surface area contributed by atoms with Crippen LogP contribution in [0.25, 0.3) is 0 Å². The third-order valence-corrected chi connectivity index (χ3v) is 17.4. The standard InChI is InChI=1S/C72H136N4O14/c1-9-13-17-21-37-57(5)87-67(81)47-29-25-41-61(77)53-75(54-62(78)42-26-30-48-68(82)88-58(6)38-22-18-14-10-2)51-35-33-45-65-71(85)74-66(72(86)73-65)46-34-36-52-76(55-63(79)43-27-31-49-69(83)89-59(7)39-23-19-15-11-3)56-64(80)44-28-32-50-70(84)90-60(8)40-24-20-16-12-4/h57-66,77-80H,9-56H2,1-8H3,(H,73,86)(H,74,85). The van der Waals surface area contributed by atoms with Crippen LogP contribution >= 0.6 is 0 Å². The molecular weight excluding hydrogens is 1140 g/mol. The van der Waals surface area contributed by atoms with Gasteiger partial charge in [-0.2, -0.15) is 0 Å². The van der Waals surface area contributed by atoms with E-state index < -0.39 is 36.5 Å². The van der Waals surface area contributed by atoms with Crippen molar-refractivity contribution in [2.24, 2.45) is 0 Å². The molecule has 10 atom stereocenters. The van der Waals surface area contributed by atoms with Gasteiger partial charge in [0.1, 0.15) is 12.1 Å². The van der Waals surface area contributed by atoms with Crippen molar-refractivity contribution < 1.29 is 68.1 Å². The normalized spacial score (nSPS) is 17.0. The average Bonchev–Trinajstić information content (AvgIpc) is 1.39. The number of amides is 2. The van der Waals surface area contributed by atoms with E-state index in [0.29, 0.717) is 181 Å². The summed E-state index contributed by atoms with van der Waals surface area (Å²) in [6.45, 7) is 18.9. The van der Waals surface area contributed by atoms with Crippen molar-refractivity contribution in [1.29, 1.82) is 0 Å². The van der Waals surface area contributed by atoms with Gasteiger partial charge in [-0.1, -0.05) is 130 Å². The molecule has 1 aliphatic heterocycles. The molecule has 0 aromatic heterocycles. The second-order valence-corrected chi connectivity index (χ2v) is 26.8. The van der Waals surface area contributed by atoms with Crippen molar-refractivity contribution in [3.05, 3.63) is 0 Å². The molecule has 0 aromatic rings. The number of nitrogens with one attached hydrogen (secondary N) is 2. The van der Waals surface area contributed by atoms with Gasteiger partial charge in [0, 0.05) is 51.9 Å². The lowest BCUT2D eigenvalue weighted by Gasteiger charge is -2.31. The van der Waals surface area contributed by atoms with Crippen molar-refractivity contribution >= 4 is 35.7 Å². The van der Waals surface area contributed by atoms with Crippen LogP contribution in [0.3, 0.4) is 0 Å². The van der Waals surface area contributed by atoms with Crippen LogP contribution in [-0.4, -0.2) is 166 Å². The summed E-state index contributed by atoms with van der Waals surface area (Å²) in [5, 5.41) is 50.6. The van der Waals surface area contributed by atoms with E-state index in [1.54, 1.807) is 0 Å². The van der Waals surface area contributed by atoms with Gasteiger partial charge in [-0.3, -0.25) is 38.6 Å². The molecule has 0 bridgehead atoms. The second-order valence-electron chi connectivity index (χ2n) is 26.8. The third-order valence-electron chi connectivity index (χ3n) is 17.4. The number of carbonyl (C=O) groups is 6. The van der Waals surface area contributed by atoms with Crippen LogP contribution < -0.4 is 10.6 Å². The topological polar surface area (TPSA) is 251 Å². The maximum atomic E-state index is 13.4. The summed E-state index contributed by atoms with van der Waals surface area (Å²) >= 11 is 0. The van der Waals surface area contributed by atoms with Crippen LogP contribution in [-0.2, 0) is 47.7 Å². The number of carbonyl (C=O) groups excluding carboxylic acids is 6. The predicted octanol–water partition coefficient (Wildman–Crippen LogP) is 13.2. The number of esters is 4. The maximum Gasteiger partial charge on any atom is 0.306 e. The zero-order valence-corrected chi connectivity index (χ0v) is 58.5. The maximum absolute atomic E-state index is 13.4. The minimum atomic E-state index is -0.688. The number of rotatable bonds is 62. The Bertz CT molecular complexity index is 1590. The van der Waals surface area contributed by atoms with E-state index in [-0.39, 0.29) is 60.1 Å². The van der Waals surface area contributed by atoms with Crippen LogP contribution in [0.1, 0.15) is 325 Å². The van der Waals surface area contributed by atoms with Crippen LogP contribution in [0.15, 0.2) is 0 Å². The molecule has 0 spiro atoms. The Kier molecular flexibility index (Phi) is 52.6. The Balaban J connectivity index is 2.80. The van der Waals surface area contributed by atoms with Crippen LogP contribution in [0.4, 0.5) is 0 Å². The highest BCUT2D eigenvalue weighted by atomic mass is 16.6. The van der Waals surface area contributed by atoms with Crippen molar-refractivity contribution in [3.63, 3.8) is 0 Å². The largest absolute Gasteiger partial charge is 0.463 e. The fourth-order valence-electron chi connectivity index (χ4n) is 11.9. The lowest BCUT2D eigenvalue weighted by molar-refractivity contribution is -0.149. The SMILES string of the molecule is CCCCCCC(C)OC(=O)CCCCC(O)CN(CCCCC1NC(=O)C(CCCCN(CC(O)CCCCC(=O)OC(C)CCCCCC)CC(O)CCCCC(=O)OC(C)CCCCCC)NC1=O)CC(O)CCCCC(=O)OC(C)CCCCCC. The molecule has 18 heteroatoms. The zero-order valence-electron chi connectivity index (χ0n) is 58.5. The fourth-order valence-corrected chi connectivity index (χ4v) is 11.9. The zero-order chi connectivity index (χ0) is 66.6. The minimum absolute atomic E-state index is 0.107. The molecule has 6 N–H and O–H groups in total. The fraction of sp³-hybridized carbons (Fsp3) is 0.917. The van der Waals surface area contributed by atoms with Gasteiger partial charge in [0.05, 0.1) is 48.8 Å². The molecule has 0 saturated carbocycles. The highest BCUT2D eigenvalue weighted by Crippen LogP contribution is 2.19. The van der Waals surface area contributed by atoms with Crippen LogP contribution in [0, 0.1) is 0 Å². The Morgan fingerprint density at radius 1 is 0.344 bits per heavy atom. The number of hydrogen-bond donors (Lipinski definition) is 6. The van der Waals surface area contributed by atoms with Crippen molar-refractivity contribution in [2.45, 2.75) is 386 Å². The molecule has 0 aromatic carbocycles. The Morgan fingerprint density at radius 2 is 0.578 bits per heavy atom. The highest BCUT2D eigenvalue weighted by molar-refractivity contribution is 5.96. The average molecular weight is 1280 g/mol. The summed E-state index contributed by atoms with van der Waals surface area (Å²) < 4.78 is 22.5. The molecule has 1 rings (SSSR count). The quantitative estimate of drug-likeness (QED) is 0.0188. The molecule has 528 valence electrons. The lowest BCUT2D eigenvalue weighted by atomic mass is 10.0. The van der Waals surface area contributed by atoms with Crippen molar-refractivity contribution in [2.75, 3.05) is 39.3 Å². The first-order valence-corrected chi connectivity index (χ1v) is 36.8. The molecule has 0 radical (unpaired) electrons. The van der Waals surface area contributed by atoms with Crippen molar-refractivity contribution in [3.8, 4) is 0 Å². The second kappa shape index (κ2) is 56.0. The molecule has 2 amide bonds. The van der Waals surface area contributed by atoms with Gasteiger partial charge in [-0.25, -0.2) is 0 Å². The van der Waals surface area contributed by atoms with Crippen LogP contribution in [0.5, 0.6) is 0 Å². The van der Waals surface area contributed by atoms with Gasteiger partial charge >= 0.3 is 23.9 Å². The third kappa shape index (κ3) is 48.3.